The number of fused-ring (bicyclic) bond motifs is 1. The van der Waals surface area contributed by atoms with Gasteiger partial charge in [0.25, 0.3) is 0 Å². The Labute approximate surface area is 91.6 Å². The Balaban J connectivity index is 1.71. The second kappa shape index (κ2) is 3.08. The molecule has 0 amide bonds. The summed E-state index contributed by atoms with van der Waals surface area (Å²) in [5.41, 5.74) is 0.193. The summed E-state index contributed by atoms with van der Waals surface area (Å²) in [6.45, 7) is 6.09. The van der Waals surface area contributed by atoms with Crippen LogP contribution in [0.1, 0.15) is 33.1 Å². The molecule has 0 aromatic carbocycles. The second-order valence-corrected chi connectivity index (χ2v) is 6.15. The molecule has 2 heteroatoms. The molecule has 0 unspecified atom stereocenters. The van der Waals surface area contributed by atoms with E-state index in [2.05, 4.69) is 26.0 Å². The van der Waals surface area contributed by atoms with E-state index in [1.807, 2.05) is 0 Å². The van der Waals surface area contributed by atoms with Gasteiger partial charge in [-0.3, -0.25) is 0 Å². The molecule has 1 heterocycles. The molecule has 2 atom stereocenters. The molecular formula is C13H20O2. The fourth-order valence-electron chi connectivity index (χ4n) is 3.04. The van der Waals surface area contributed by atoms with E-state index < -0.39 is 0 Å². The fourth-order valence-corrected chi connectivity index (χ4v) is 3.04. The maximum atomic E-state index is 6.02. The monoisotopic (exact) mass is 208 g/mol. The summed E-state index contributed by atoms with van der Waals surface area (Å²) in [4.78, 5) is 0. The Morgan fingerprint density at radius 3 is 2.53 bits per heavy atom. The third kappa shape index (κ3) is 1.64. The molecule has 3 aliphatic rings. The molecule has 2 aliphatic carbocycles. The van der Waals surface area contributed by atoms with Crippen molar-refractivity contribution in [2.45, 2.75) is 38.9 Å². The zero-order valence-electron chi connectivity index (χ0n) is 9.66. The molecule has 3 rings (SSSR count). The molecule has 1 aliphatic heterocycles. The molecule has 0 aromatic heterocycles. The van der Waals surface area contributed by atoms with Gasteiger partial charge in [-0.2, -0.15) is 0 Å². The molecule has 1 spiro atoms. The van der Waals surface area contributed by atoms with Gasteiger partial charge in [0, 0.05) is 18.3 Å². The van der Waals surface area contributed by atoms with Gasteiger partial charge < -0.3 is 9.47 Å². The zero-order chi connectivity index (χ0) is 10.5. The largest absolute Gasteiger partial charge is 0.349 e. The van der Waals surface area contributed by atoms with Crippen LogP contribution < -0.4 is 0 Å². The first-order valence-electron chi connectivity index (χ1n) is 6.03. The molecule has 2 fully saturated rings. The Kier molecular flexibility index (Phi) is 2.02. The van der Waals surface area contributed by atoms with Crippen molar-refractivity contribution < 1.29 is 9.47 Å². The van der Waals surface area contributed by atoms with Crippen LogP contribution in [0, 0.1) is 17.3 Å². The number of allylic oxidation sites excluding steroid dienone is 2. The minimum Gasteiger partial charge on any atom is -0.349 e. The number of hydrogen-bond acceptors (Lipinski definition) is 2. The predicted molar refractivity (Wildman–Crippen MR) is 58.4 cm³/mol. The van der Waals surface area contributed by atoms with Crippen LogP contribution in [0.15, 0.2) is 12.2 Å². The SMILES string of the molecule is CC1(C)COC2(C[C@H]3CC=C[C@@H]3C2)OC1. The summed E-state index contributed by atoms with van der Waals surface area (Å²) < 4.78 is 12.0. The van der Waals surface area contributed by atoms with Crippen molar-refractivity contribution in [2.75, 3.05) is 13.2 Å². The van der Waals surface area contributed by atoms with Gasteiger partial charge in [-0.1, -0.05) is 26.0 Å². The van der Waals surface area contributed by atoms with E-state index in [4.69, 9.17) is 9.47 Å². The van der Waals surface area contributed by atoms with Gasteiger partial charge in [-0.15, -0.1) is 0 Å². The van der Waals surface area contributed by atoms with E-state index in [-0.39, 0.29) is 11.2 Å². The first-order valence-corrected chi connectivity index (χ1v) is 6.03. The first kappa shape index (κ1) is 9.86. The van der Waals surface area contributed by atoms with Crippen LogP contribution in [0.4, 0.5) is 0 Å². The number of rotatable bonds is 0. The smallest absolute Gasteiger partial charge is 0.169 e. The maximum Gasteiger partial charge on any atom is 0.169 e. The summed E-state index contributed by atoms with van der Waals surface area (Å²) in [5, 5.41) is 0. The van der Waals surface area contributed by atoms with Gasteiger partial charge in [-0.05, 0) is 18.3 Å². The van der Waals surface area contributed by atoms with Crippen molar-refractivity contribution in [3.8, 4) is 0 Å². The Hall–Kier alpha value is -0.340. The quantitative estimate of drug-likeness (QED) is 0.570. The highest BCUT2D eigenvalue weighted by molar-refractivity contribution is 5.08. The van der Waals surface area contributed by atoms with Crippen LogP contribution in [-0.2, 0) is 9.47 Å². The second-order valence-electron chi connectivity index (χ2n) is 6.15. The van der Waals surface area contributed by atoms with E-state index >= 15 is 0 Å². The van der Waals surface area contributed by atoms with Gasteiger partial charge in [0.1, 0.15) is 0 Å². The lowest BCUT2D eigenvalue weighted by Gasteiger charge is -2.41. The van der Waals surface area contributed by atoms with E-state index in [1.165, 1.54) is 6.42 Å². The van der Waals surface area contributed by atoms with Gasteiger partial charge in [0.05, 0.1) is 13.2 Å². The van der Waals surface area contributed by atoms with Gasteiger partial charge in [0.15, 0.2) is 5.79 Å². The number of ether oxygens (including phenoxy) is 2. The average Bonchev–Trinajstić information content (AvgIpc) is 2.69. The highest BCUT2D eigenvalue weighted by atomic mass is 16.7. The third-order valence-corrected chi connectivity index (χ3v) is 4.00. The van der Waals surface area contributed by atoms with Crippen molar-refractivity contribution >= 4 is 0 Å². The molecule has 1 saturated carbocycles. The standard InChI is InChI=1S/C13H20O2/c1-12(2)8-14-13(15-9-12)6-10-4-3-5-11(10)7-13/h3-4,10-11H,5-9H2,1-2H3/t10-,11-/m1/s1. The topological polar surface area (TPSA) is 18.5 Å². The number of hydrogen-bond donors (Lipinski definition) is 0. The Morgan fingerprint density at radius 2 is 1.87 bits per heavy atom. The highest BCUT2D eigenvalue weighted by Crippen LogP contribution is 2.50. The van der Waals surface area contributed by atoms with E-state index in [9.17, 15) is 0 Å². The van der Waals surface area contributed by atoms with Crippen molar-refractivity contribution in [2.24, 2.45) is 17.3 Å². The summed E-state index contributed by atoms with van der Waals surface area (Å²) in [6, 6.07) is 0. The molecular weight excluding hydrogens is 188 g/mol. The molecule has 84 valence electrons. The van der Waals surface area contributed by atoms with Crippen molar-refractivity contribution in [1.29, 1.82) is 0 Å². The van der Waals surface area contributed by atoms with Crippen LogP contribution >= 0.6 is 0 Å². The van der Waals surface area contributed by atoms with Crippen molar-refractivity contribution in [3.05, 3.63) is 12.2 Å². The molecule has 1 saturated heterocycles. The summed E-state index contributed by atoms with van der Waals surface area (Å²) in [7, 11) is 0. The van der Waals surface area contributed by atoms with Crippen LogP contribution in [0.25, 0.3) is 0 Å². The average molecular weight is 208 g/mol. The van der Waals surface area contributed by atoms with Gasteiger partial charge in [0.2, 0.25) is 0 Å². The van der Waals surface area contributed by atoms with E-state index in [0.29, 0.717) is 5.92 Å². The molecule has 15 heavy (non-hydrogen) atoms. The lowest BCUT2D eigenvalue weighted by molar-refractivity contribution is -0.296. The van der Waals surface area contributed by atoms with E-state index in [1.54, 1.807) is 0 Å². The zero-order valence-corrected chi connectivity index (χ0v) is 9.66. The lowest BCUT2D eigenvalue weighted by atomic mass is 9.94. The van der Waals surface area contributed by atoms with Crippen LogP contribution in [-0.4, -0.2) is 19.0 Å². The molecule has 0 bridgehead atoms. The Morgan fingerprint density at radius 1 is 1.13 bits per heavy atom. The normalized spacial score (nSPS) is 40.9. The highest BCUT2D eigenvalue weighted by Gasteiger charge is 2.50. The molecule has 2 nitrogen and oxygen atoms in total. The first-order chi connectivity index (χ1) is 7.09. The van der Waals surface area contributed by atoms with Crippen LogP contribution in [0.2, 0.25) is 0 Å². The van der Waals surface area contributed by atoms with Crippen molar-refractivity contribution in [1.82, 2.24) is 0 Å². The molecule has 0 radical (unpaired) electrons. The molecule has 0 aromatic rings. The minimum atomic E-state index is -0.227. The van der Waals surface area contributed by atoms with Gasteiger partial charge >= 0.3 is 0 Å². The predicted octanol–water partition coefficient (Wildman–Crippen LogP) is 2.74. The summed E-state index contributed by atoms with van der Waals surface area (Å²) in [6.07, 6.45) is 8.06. The Bertz CT molecular complexity index is 283. The minimum absolute atomic E-state index is 0.193. The van der Waals surface area contributed by atoms with Crippen LogP contribution in [0.3, 0.4) is 0 Å². The molecule has 0 N–H and O–H groups in total. The summed E-state index contributed by atoms with van der Waals surface area (Å²) >= 11 is 0. The van der Waals surface area contributed by atoms with Crippen LogP contribution in [0.5, 0.6) is 0 Å². The fraction of sp³-hybridized carbons (Fsp3) is 0.846. The van der Waals surface area contributed by atoms with E-state index in [0.717, 1.165) is 32.0 Å². The lowest BCUT2D eigenvalue weighted by Crippen LogP contribution is -2.46. The summed E-state index contributed by atoms with van der Waals surface area (Å²) in [5.74, 6) is 1.27. The van der Waals surface area contributed by atoms with Crippen molar-refractivity contribution in [3.63, 3.8) is 0 Å². The maximum absolute atomic E-state index is 6.02. The third-order valence-electron chi connectivity index (χ3n) is 4.00. The van der Waals surface area contributed by atoms with Gasteiger partial charge in [-0.25, -0.2) is 0 Å².